The molecule has 2 unspecified atom stereocenters. The maximum Gasteiger partial charge on any atom is 0.106 e. The third kappa shape index (κ3) is 3.65. The van der Waals surface area contributed by atoms with Crippen molar-refractivity contribution >= 4 is 0 Å². The van der Waals surface area contributed by atoms with E-state index >= 15 is 0 Å². The monoisotopic (exact) mass is 196 g/mol. The molecule has 1 N–H and O–H groups in total. The van der Waals surface area contributed by atoms with Gasteiger partial charge in [0.2, 0.25) is 0 Å². The van der Waals surface area contributed by atoms with Crippen LogP contribution in [0, 0.1) is 17.2 Å². The number of rotatable bonds is 6. The van der Waals surface area contributed by atoms with Gasteiger partial charge in [-0.3, -0.25) is 0 Å². The first-order valence-electron chi connectivity index (χ1n) is 5.31. The average Bonchev–Trinajstić information content (AvgIpc) is 2.98. The van der Waals surface area contributed by atoms with E-state index in [-0.39, 0.29) is 6.10 Å². The van der Waals surface area contributed by atoms with Crippen LogP contribution in [0.3, 0.4) is 0 Å². The topological polar surface area (TPSA) is 45.0 Å². The first-order chi connectivity index (χ1) is 6.59. The standard InChI is InChI=1S/C11H20N2O/c1-9(14-7-10-4-5-10)6-11(2,8-12)13-3/h9-10,13H,4-7H2,1-3H3. The molecule has 1 aliphatic carbocycles. The molecule has 2 atom stereocenters. The highest BCUT2D eigenvalue weighted by molar-refractivity contribution is 5.03. The van der Waals surface area contributed by atoms with Gasteiger partial charge in [-0.2, -0.15) is 5.26 Å². The second-order valence-corrected chi connectivity index (χ2v) is 4.49. The Morgan fingerprint density at radius 1 is 1.64 bits per heavy atom. The number of hydrogen-bond donors (Lipinski definition) is 1. The Hall–Kier alpha value is -0.590. The SMILES string of the molecule is CNC(C)(C#N)CC(C)OCC1CC1. The fourth-order valence-corrected chi connectivity index (χ4v) is 1.42. The molecule has 0 saturated heterocycles. The highest BCUT2D eigenvalue weighted by atomic mass is 16.5. The minimum atomic E-state index is -0.455. The van der Waals surface area contributed by atoms with Crippen LogP contribution < -0.4 is 5.32 Å². The van der Waals surface area contributed by atoms with Crippen molar-refractivity contribution < 1.29 is 4.74 Å². The number of nitriles is 1. The van der Waals surface area contributed by atoms with Crippen LogP contribution in [0.1, 0.15) is 33.1 Å². The first-order valence-corrected chi connectivity index (χ1v) is 5.31. The molecule has 0 amide bonds. The zero-order valence-electron chi connectivity index (χ0n) is 9.34. The van der Waals surface area contributed by atoms with E-state index in [2.05, 4.69) is 11.4 Å². The fourth-order valence-electron chi connectivity index (χ4n) is 1.42. The number of nitrogens with one attached hydrogen (secondary N) is 1. The molecule has 1 saturated carbocycles. The molecular weight excluding hydrogens is 176 g/mol. The Kier molecular flexibility index (Phi) is 3.91. The lowest BCUT2D eigenvalue weighted by Gasteiger charge is -2.24. The molecule has 1 rings (SSSR count). The van der Waals surface area contributed by atoms with Crippen molar-refractivity contribution in [3.8, 4) is 6.07 Å². The van der Waals surface area contributed by atoms with Crippen LogP contribution in [-0.2, 0) is 4.74 Å². The maximum absolute atomic E-state index is 8.96. The van der Waals surface area contributed by atoms with Crippen LogP contribution >= 0.6 is 0 Å². The highest BCUT2D eigenvalue weighted by Gasteiger charge is 2.27. The summed E-state index contributed by atoms with van der Waals surface area (Å²) in [5.41, 5.74) is -0.455. The Labute approximate surface area is 86.4 Å². The molecule has 0 spiro atoms. The highest BCUT2D eigenvalue weighted by Crippen LogP contribution is 2.29. The van der Waals surface area contributed by atoms with Crippen molar-refractivity contribution in [2.24, 2.45) is 5.92 Å². The van der Waals surface area contributed by atoms with E-state index in [1.807, 2.05) is 20.9 Å². The van der Waals surface area contributed by atoms with E-state index in [0.717, 1.165) is 18.9 Å². The van der Waals surface area contributed by atoms with Crippen molar-refractivity contribution in [1.82, 2.24) is 5.32 Å². The smallest absolute Gasteiger partial charge is 0.106 e. The van der Waals surface area contributed by atoms with E-state index in [0.29, 0.717) is 0 Å². The second-order valence-electron chi connectivity index (χ2n) is 4.49. The van der Waals surface area contributed by atoms with E-state index in [4.69, 9.17) is 10.00 Å². The van der Waals surface area contributed by atoms with E-state index in [1.165, 1.54) is 12.8 Å². The molecule has 3 heteroatoms. The summed E-state index contributed by atoms with van der Waals surface area (Å²) in [6.45, 7) is 4.81. The lowest BCUT2D eigenvalue weighted by Crippen LogP contribution is -2.41. The van der Waals surface area contributed by atoms with Crippen molar-refractivity contribution in [3.05, 3.63) is 0 Å². The minimum absolute atomic E-state index is 0.160. The van der Waals surface area contributed by atoms with Crippen molar-refractivity contribution in [2.45, 2.75) is 44.8 Å². The van der Waals surface area contributed by atoms with Gasteiger partial charge in [0.05, 0.1) is 12.2 Å². The molecule has 3 nitrogen and oxygen atoms in total. The third-order valence-corrected chi connectivity index (χ3v) is 2.81. The molecule has 0 heterocycles. The van der Waals surface area contributed by atoms with Gasteiger partial charge in [0, 0.05) is 13.0 Å². The van der Waals surface area contributed by atoms with Crippen LogP contribution in [-0.4, -0.2) is 25.3 Å². The van der Waals surface area contributed by atoms with Gasteiger partial charge >= 0.3 is 0 Å². The molecule has 80 valence electrons. The van der Waals surface area contributed by atoms with E-state index < -0.39 is 5.54 Å². The lowest BCUT2D eigenvalue weighted by molar-refractivity contribution is 0.0416. The summed E-state index contributed by atoms with van der Waals surface area (Å²) in [7, 11) is 1.82. The second kappa shape index (κ2) is 4.77. The Morgan fingerprint density at radius 3 is 2.71 bits per heavy atom. The zero-order valence-corrected chi connectivity index (χ0v) is 9.34. The van der Waals surface area contributed by atoms with E-state index in [1.54, 1.807) is 0 Å². The average molecular weight is 196 g/mol. The summed E-state index contributed by atoms with van der Waals surface area (Å²) in [5, 5.41) is 12.0. The van der Waals surface area contributed by atoms with Gasteiger partial charge in [-0.15, -0.1) is 0 Å². The van der Waals surface area contributed by atoms with Crippen molar-refractivity contribution in [2.75, 3.05) is 13.7 Å². The number of nitrogens with zero attached hydrogens (tertiary/aromatic N) is 1. The van der Waals surface area contributed by atoms with Crippen LogP contribution in [0.5, 0.6) is 0 Å². The summed E-state index contributed by atoms with van der Waals surface area (Å²) in [6, 6.07) is 2.27. The fraction of sp³-hybridized carbons (Fsp3) is 0.909. The van der Waals surface area contributed by atoms with Crippen molar-refractivity contribution in [3.63, 3.8) is 0 Å². The summed E-state index contributed by atoms with van der Waals surface area (Å²) >= 11 is 0. The Bertz CT molecular complexity index is 220. The molecule has 1 fully saturated rings. The quantitative estimate of drug-likeness (QED) is 0.703. The normalized spacial score (nSPS) is 22.4. The molecule has 14 heavy (non-hydrogen) atoms. The summed E-state index contributed by atoms with van der Waals surface area (Å²) in [6.07, 6.45) is 3.53. The summed E-state index contributed by atoms with van der Waals surface area (Å²) < 4.78 is 5.67. The molecule has 0 bridgehead atoms. The summed E-state index contributed by atoms with van der Waals surface area (Å²) in [4.78, 5) is 0. The predicted octanol–water partition coefficient (Wildman–Crippen LogP) is 1.69. The maximum atomic E-state index is 8.96. The van der Waals surface area contributed by atoms with Gasteiger partial charge in [0.1, 0.15) is 5.54 Å². The predicted molar refractivity (Wildman–Crippen MR) is 55.8 cm³/mol. The summed E-state index contributed by atoms with van der Waals surface area (Å²) in [5.74, 6) is 0.792. The first kappa shape index (κ1) is 11.5. The van der Waals surface area contributed by atoms with Crippen LogP contribution in [0.4, 0.5) is 0 Å². The molecule has 0 radical (unpaired) electrons. The van der Waals surface area contributed by atoms with Gasteiger partial charge in [0.15, 0.2) is 0 Å². The number of ether oxygens (including phenoxy) is 1. The molecule has 0 aromatic rings. The molecule has 0 aromatic heterocycles. The van der Waals surface area contributed by atoms with Gasteiger partial charge in [-0.25, -0.2) is 0 Å². The Balaban J connectivity index is 2.23. The number of hydrogen-bond acceptors (Lipinski definition) is 3. The van der Waals surface area contributed by atoms with Crippen LogP contribution in [0.25, 0.3) is 0 Å². The van der Waals surface area contributed by atoms with Gasteiger partial charge in [0.25, 0.3) is 0 Å². The molecule has 0 aromatic carbocycles. The molecule has 1 aliphatic rings. The van der Waals surface area contributed by atoms with Crippen molar-refractivity contribution in [1.29, 1.82) is 5.26 Å². The van der Waals surface area contributed by atoms with Crippen LogP contribution in [0.2, 0.25) is 0 Å². The third-order valence-electron chi connectivity index (χ3n) is 2.81. The van der Waals surface area contributed by atoms with Crippen LogP contribution in [0.15, 0.2) is 0 Å². The van der Waals surface area contributed by atoms with E-state index in [9.17, 15) is 0 Å². The molecule has 0 aliphatic heterocycles. The largest absolute Gasteiger partial charge is 0.378 e. The van der Waals surface area contributed by atoms with Gasteiger partial charge in [-0.05, 0) is 39.7 Å². The zero-order chi connectivity index (χ0) is 10.6. The Morgan fingerprint density at radius 2 is 2.29 bits per heavy atom. The van der Waals surface area contributed by atoms with Gasteiger partial charge < -0.3 is 10.1 Å². The lowest BCUT2D eigenvalue weighted by atomic mass is 9.97. The molecular formula is C11H20N2O. The van der Waals surface area contributed by atoms with Gasteiger partial charge in [-0.1, -0.05) is 0 Å². The minimum Gasteiger partial charge on any atom is -0.378 e.